The maximum atomic E-state index is 12.4. The fraction of sp³-hybridized carbons (Fsp3) is 0.444. The van der Waals surface area contributed by atoms with Gasteiger partial charge in [0.05, 0.1) is 40.9 Å². The van der Waals surface area contributed by atoms with Gasteiger partial charge in [-0.05, 0) is 68.0 Å². The molecule has 174 valence electrons. The molecule has 0 aliphatic carbocycles. The van der Waals surface area contributed by atoms with Gasteiger partial charge in [-0.3, -0.25) is 4.79 Å². The van der Waals surface area contributed by atoms with Crippen LogP contribution < -0.4 is 14.2 Å². The molecule has 2 rings (SSSR count). The molecular weight excluding hydrogens is 404 g/mol. The SMILES string of the molecule is [2H]C([2H])([2H])Oc1ccc(/C=C/c2cc(OCCCC(C)(C)C(=O)OCC(C)C)cc(OC([2H])([2H])[2H])c2)cc1. The van der Waals surface area contributed by atoms with Crippen LogP contribution in [0.5, 0.6) is 17.2 Å². The lowest BCUT2D eigenvalue weighted by Gasteiger charge is -2.23. The van der Waals surface area contributed by atoms with E-state index in [2.05, 4.69) is 0 Å². The summed E-state index contributed by atoms with van der Waals surface area (Å²) in [6.07, 6.45) is 4.68. The van der Waals surface area contributed by atoms with Gasteiger partial charge in [0.1, 0.15) is 17.2 Å². The van der Waals surface area contributed by atoms with Crippen LogP contribution in [0, 0.1) is 11.3 Å². The van der Waals surface area contributed by atoms with E-state index in [1.165, 1.54) is 6.07 Å². The van der Waals surface area contributed by atoms with E-state index >= 15 is 0 Å². The molecule has 0 bridgehead atoms. The molecular formula is C27H36O5. The summed E-state index contributed by atoms with van der Waals surface area (Å²) >= 11 is 0. The van der Waals surface area contributed by atoms with Crippen LogP contribution in [-0.2, 0) is 9.53 Å². The number of carbonyl (C=O) groups is 1. The second-order valence-electron chi connectivity index (χ2n) is 8.67. The number of methoxy groups -OCH3 is 2. The lowest BCUT2D eigenvalue weighted by atomic mass is 9.88. The summed E-state index contributed by atoms with van der Waals surface area (Å²) in [6, 6.07) is 11.3. The van der Waals surface area contributed by atoms with Gasteiger partial charge in [0.25, 0.3) is 0 Å². The van der Waals surface area contributed by atoms with Gasteiger partial charge in [0, 0.05) is 6.07 Å². The van der Waals surface area contributed by atoms with Gasteiger partial charge in [-0.1, -0.05) is 38.1 Å². The smallest absolute Gasteiger partial charge is 0.311 e. The van der Waals surface area contributed by atoms with Crippen molar-refractivity contribution in [3.8, 4) is 17.2 Å². The number of hydrogen-bond donors (Lipinski definition) is 0. The van der Waals surface area contributed by atoms with Crippen molar-refractivity contribution in [3.05, 3.63) is 53.6 Å². The zero-order valence-corrected chi connectivity index (χ0v) is 19.1. The minimum Gasteiger partial charge on any atom is -0.497 e. The number of carbonyl (C=O) groups excluding carboxylic acids is 1. The Labute approximate surface area is 200 Å². The molecule has 0 N–H and O–H groups in total. The molecule has 0 aliphatic rings. The van der Waals surface area contributed by atoms with Crippen molar-refractivity contribution in [3.63, 3.8) is 0 Å². The molecule has 0 atom stereocenters. The van der Waals surface area contributed by atoms with Crippen LogP contribution in [0.1, 0.15) is 59.9 Å². The number of benzene rings is 2. The largest absolute Gasteiger partial charge is 0.497 e. The van der Waals surface area contributed by atoms with Crippen LogP contribution in [0.3, 0.4) is 0 Å². The molecule has 0 aromatic heterocycles. The minimum atomic E-state index is -2.63. The zero-order chi connectivity index (χ0) is 28.6. The van der Waals surface area contributed by atoms with E-state index in [1.54, 1.807) is 48.6 Å². The van der Waals surface area contributed by atoms with Crippen LogP contribution in [0.4, 0.5) is 0 Å². The fourth-order valence-corrected chi connectivity index (χ4v) is 2.92. The van der Waals surface area contributed by atoms with E-state index in [-0.39, 0.29) is 23.4 Å². The van der Waals surface area contributed by atoms with E-state index in [9.17, 15) is 4.79 Å². The first kappa shape index (κ1) is 17.6. The highest BCUT2D eigenvalue weighted by Crippen LogP contribution is 2.27. The Bertz CT molecular complexity index is 1070. The molecule has 0 heterocycles. The summed E-state index contributed by atoms with van der Waals surface area (Å²) in [5.74, 6) is 0.793. The first-order chi connectivity index (χ1) is 17.5. The third-order valence-corrected chi connectivity index (χ3v) is 4.80. The van der Waals surface area contributed by atoms with Crippen molar-refractivity contribution in [2.45, 2.75) is 40.5 Å². The van der Waals surface area contributed by atoms with Gasteiger partial charge in [0.15, 0.2) is 0 Å². The first-order valence-corrected chi connectivity index (χ1v) is 10.6. The molecule has 32 heavy (non-hydrogen) atoms. The summed E-state index contributed by atoms with van der Waals surface area (Å²) in [5.41, 5.74) is 0.767. The van der Waals surface area contributed by atoms with Gasteiger partial charge in [0.2, 0.25) is 0 Å². The molecule has 0 aliphatic heterocycles. The Morgan fingerprint density at radius 3 is 2.31 bits per heavy atom. The Kier molecular flexibility index (Phi) is 6.69. The van der Waals surface area contributed by atoms with Crippen LogP contribution in [0.25, 0.3) is 12.2 Å². The first-order valence-electron chi connectivity index (χ1n) is 13.6. The second-order valence-corrected chi connectivity index (χ2v) is 8.67. The molecule has 0 spiro atoms. The quantitative estimate of drug-likeness (QED) is 0.219. The molecule has 0 saturated heterocycles. The molecule has 2 aromatic rings. The predicted octanol–water partition coefficient (Wildman–Crippen LogP) is 6.26. The highest BCUT2D eigenvalue weighted by molar-refractivity contribution is 5.75. The maximum Gasteiger partial charge on any atom is 0.311 e. The van der Waals surface area contributed by atoms with E-state index in [0.29, 0.717) is 37.4 Å². The summed E-state index contributed by atoms with van der Waals surface area (Å²) in [5, 5.41) is 0. The van der Waals surface area contributed by atoms with E-state index in [0.717, 1.165) is 5.56 Å². The second kappa shape index (κ2) is 12.2. The Morgan fingerprint density at radius 2 is 1.62 bits per heavy atom. The summed E-state index contributed by atoms with van der Waals surface area (Å²) in [7, 11) is -5.15. The lowest BCUT2D eigenvalue weighted by molar-refractivity contribution is -0.155. The molecule has 0 radical (unpaired) electrons. The Morgan fingerprint density at radius 1 is 0.969 bits per heavy atom. The Hall–Kier alpha value is -2.95. The normalized spacial score (nSPS) is 15.2. The molecule has 0 fully saturated rings. The van der Waals surface area contributed by atoms with Crippen molar-refractivity contribution in [2.75, 3.05) is 27.3 Å². The molecule has 2 aromatic carbocycles. The Balaban J connectivity index is 2.08. The highest BCUT2D eigenvalue weighted by atomic mass is 16.5. The number of esters is 1. The summed E-state index contributed by atoms with van der Waals surface area (Å²) < 4.78 is 65.0. The molecule has 5 heteroatoms. The summed E-state index contributed by atoms with van der Waals surface area (Å²) in [6.45, 7) is 8.33. The number of ether oxygens (including phenoxy) is 4. The van der Waals surface area contributed by atoms with Crippen LogP contribution in [0.2, 0.25) is 0 Å². The topological polar surface area (TPSA) is 54.0 Å². The third kappa shape index (κ3) is 8.29. The maximum absolute atomic E-state index is 12.4. The third-order valence-electron chi connectivity index (χ3n) is 4.80. The monoisotopic (exact) mass is 446 g/mol. The highest BCUT2D eigenvalue weighted by Gasteiger charge is 2.29. The van der Waals surface area contributed by atoms with Gasteiger partial charge < -0.3 is 18.9 Å². The number of hydrogen-bond acceptors (Lipinski definition) is 5. The standard InChI is InChI=1S/C27H36O5/c1-20(2)19-32-26(28)27(3,4)14-7-15-31-25-17-22(16-24(18-25)30-6)9-8-21-10-12-23(29-5)13-11-21/h8-13,16-18,20H,7,14-15,19H2,1-6H3/b9-8+/i5D3,6D3. The zero-order valence-electron chi connectivity index (χ0n) is 25.1. The van der Waals surface area contributed by atoms with Crippen molar-refractivity contribution >= 4 is 18.1 Å². The van der Waals surface area contributed by atoms with Crippen molar-refractivity contribution in [1.29, 1.82) is 0 Å². The van der Waals surface area contributed by atoms with Gasteiger partial charge >= 0.3 is 5.97 Å². The molecule has 0 unspecified atom stereocenters. The lowest BCUT2D eigenvalue weighted by Crippen LogP contribution is -2.28. The molecule has 5 nitrogen and oxygen atoms in total. The molecule has 0 amide bonds. The molecule has 0 saturated carbocycles. The fourth-order valence-electron chi connectivity index (χ4n) is 2.92. The summed E-state index contributed by atoms with van der Waals surface area (Å²) in [4.78, 5) is 12.4. The van der Waals surface area contributed by atoms with Crippen molar-refractivity contribution < 1.29 is 32.0 Å². The van der Waals surface area contributed by atoms with Crippen LogP contribution in [0.15, 0.2) is 42.5 Å². The van der Waals surface area contributed by atoms with Crippen molar-refractivity contribution in [2.24, 2.45) is 11.3 Å². The average molecular weight is 447 g/mol. The van der Waals surface area contributed by atoms with E-state index in [4.69, 9.17) is 27.2 Å². The van der Waals surface area contributed by atoms with E-state index in [1.807, 2.05) is 27.7 Å². The van der Waals surface area contributed by atoms with Crippen molar-refractivity contribution in [1.82, 2.24) is 0 Å². The minimum absolute atomic E-state index is 0.126. The number of rotatable bonds is 12. The average Bonchev–Trinajstić information content (AvgIpc) is 2.77. The van der Waals surface area contributed by atoms with Crippen LogP contribution >= 0.6 is 0 Å². The van der Waals surface area contributed by atoms with E-state index < -0.39 is 19.5 Å². The van der Waals surface area contributed by atoms with Gasteiger partial charge in [-0.15, -0.1) is 0 Å². The predicted molar refractivity (Wildman–Crippen MR) is 129 cm³/mol. The van der Waals surface area contributed by atoms with Gasteiger partial charge in [-0.2, -0.15) is 0 Å². The van der Waals surface area contributed by atoms with Crippen LogP contribution in [-0.4, -0.2) is 33.3 Å². The van der Waals surface area contributed by atoms with Gasteiger partial charge in [-0.25, -0.2) is 0 Å².